The third-order valence-corrected chi connectivity index (χ3v) is 2.80. The number of aromatic nitrogens is 3. The van der Waals surface area contributed by atoms with E-state index in [1.807, 2.05) is 36.4 Å². The Bertz CT molecular complexity index is 804. The Morgan fingerprint density at radius 1 is 0.947 bits per heavy atom. The summed E-state index contributed by atoms with van der Waals surface area (Å²) in [6.45, 7) is 0. The van der Waals surface area contributed by atoms with Crippen molar-refractivity contribution in [3.8, 4) is 17.2 Å². The molecule has 0 aliphatic carbocycles. The summed E-state index contributed by atoms with van der Waals surface area (Å²) in [7, 11) is 0. The number of nitrogens with zero attached hydrogens (tertiary/aromatic N) is 4. The van der Waals surface area contributed by atoms with Crippen LogP contribution in [0.15, 0.2) is 42.5 Å². The lowest BCUT2D eigenvalue weighted by Crippen LogP contribution is -1.97. The first-order chi connectivity index (χ1) is 9.26. The summed E-state index contributed by atoms with van der Waals surface area (Å²) >= 11 is 0. The van der Waals surface area contributed by atoms with E-state index in [9.17, 15) is 0 Å². The van der Waals surface area contributed by atoms with Gasteiger partial charge < -0.3 is 5.73 Å². The van der Waals surface area contributed by atoms with Gasteiger partial charge in [0.2, 0.25) is 5.95 Å². The number of hydrogen-bond acceptors (Lipinski definition) is 5. The highest BCUT2D eigenvalue weighted by molar-refractivity contribution is 5.81. The van der Waals surface area contributed by atoms with Gasteiger partial charge in [-0.2, -0.15) is 5.26 Å². The maximum absolute atomic E-state index is 8.92. The molecule has 5 heteroatoms. The van der Waals surface area contributed by atoms with E-state index in [0.717, 1.165) is 11.1 Å². The van der Waals surface area contributed by atoms with Gasteiger partial charge >= 0.3 is 0 Å². The van der Waals surface area contributed by atoms with Crippen molar-refractivity contribution in [3.05, 3.63) is 48.0 Å². The molecule has 0 aliphatic heterocycles. The largest absolute Gasteiger partial charge is 0.366 e. The van der Waals surface area contributed by atoms with Crippen LogP contribution in [-0.2, 0) is 0 Å². The molecule has 2 N–H and O–H groups in total. The zero-order valence-electron chi connectivity index (χ0n) is 9.91. The molecule has 0 atom stereocenters. The summed E-state index contributed by atoms with van der Waals surface area (Å²) in [6, 6.07) is 15.2. The predicted octanol–water partition coefficient (Wildman–Crippen LogP) is 2.15. The number of rotatable bonds is 1. The van der Waals surface area contributed by atoms with E-state index in [4.69, 9.17) is 11.0 Å². The number of anilines is 1. The van der Waals surface area contributed by atoms with Crippen LogP contribution in [0.25, 0.3) is 22.2 Å². The van der Waals surface area contributed by atoms with Crippen LogP contribution in [0.4, 0.5) is 5.95 Å². The first kappa shape index (κ1) is 11.1. The van der Waals surface area contributed by atoms with Crippen molar-refractivity contribution in [2.45, 2.75) is 0 Å². The maximum atomic E-state index is 8.92. The molecule has 0 fully saturated rings. The molecule has 2 aromatic carbocycles. The van der Waals surface area contributed by atoms with Crippen LogP contribution in [0, 0.1) is 11.3 Å². The van der Waals surface area contributed by atoms with Crippen LogP contribution < -0.4 is 5.73 Å². The molecule has 90 valence electrons. The number of hydrogen-bond donors (Lipinski definition) is 1. The molecule has 0 saturated carbocycles. The molecule has 0 radical (unpaired) electrons. The Labute approximate surface area is 109 Å². The smallest absolute Gasteiger partial charge is 0.240 e. The van der Waals surface area contributed by atoms with Gasteiger partial charge in [0.25, 0.3) is 0 Å². The Morgan fingerprint density at radius 3 is 2.63 bits per heavy atom. The lowest BCUT2D eigenvalue weighted by atomic mass is 10.0. The minimum atomic E-state index is 0.159. The monoisotopic (exact) mass is 247 g/mol. The molecule has 1 aromatic heterocycles. The molecule has 0 unspecified atom stereocenters. The number of benzene rings is 2. The first-order valence-electron chi connectivity index (χ1n) is 5.67. The molecule has 0 amide bonds. The van der Waals surface area contributed by atoms with E-state index in [0.29, 0.717) is 16.6 Å². The molecular formula is C14H9N5. The highest BCUT2D eigenvalue weighted by atomic mass is 15.2. The third kappa shape index (κ3) is 2.07. The van der Waals surface area contributed by atoms with Gasteiger partial charge in [-0.25, -0.2) is 4.98 Å². The number of nitrogen functional groups attached to an aromatic ring is 1. The van der Waals surface area contributed by atoms with Crippen LogP contribution in [0.1, 0.15) is 5.56 Å². The molecule has 0 aliphatic rings. The minimum Gasteiger partial charge on any atom is -0.366 e. The Balaban J connectivity index is 2.15. The highest BCUT2D eigenvalue weighted by Gasteiger charge is 2.03. The van der Waals surface area contributed by atoms with Gasteiger partial charge in [-0.15, -0.1) is 10.2 Å². The topological polar surface area (TPSA) is 88.5 Å². The average Bonchev–Trinajstić information content (AvgIpc) is 2.46. The quantitative estimate of drug-likeness (QED) is 0.711. The van der Waals surface area contributed by atoms with Crippen LogP contribution >= 0.6 is 0 Å². The zero-order valence-corrected chi connectivity index (χ0v) is 9.91. The van der Waals surface area contributed by atoms with Crippen molar-refractivity contribution in [3.63, 3.8) is 0 Å². The van der Waals surface area contributed by atoms with Gasteiger partial charge in [-0.3, -0.25) is 0 Å². The summed E-state index contributed by atoms with van der Waals surface area (Å²) < 4.78 is 0. The van der Waals surface area contributed by atoms with Crippen LogP contribution in [0.2, 0.25) is 0 Å². The SMILES string of the molecule is N#Cc1cccc(-c2ccc3nc(N)nnc3c2)c1. The van der Waals surface area contributed by atoms with E-state index < -0.39 is 0 Å². The van der Waals surface area contributed by atoms with E-state index >= 15 is 0 Å². The summed E-state index contributed by atoms with van der Waals surface area (Å²) in [5.74, 6) is 0.159. The van der Waals surface area contributed by atoms with Gasteiger partial charge in [-0.1, -0.05) is 18.2 Å². The molecule has 0 saturated heterocycles. The lowest BCUT2D eigenvalue weighted by Gasteiger charge is -2.03. The molecule has 5 nitrogen and oxygen atoms in total. The lowest BCUT2D eigenvalue weighted by molar-refractivity contribution is 1.04. The van der Waals surface area contributed by atoms with Crippen LogP contribution in [0.3, 0.4) is 0 Å². The molecule has 3 rings (SSSR count). The second-order valence-electron chi connectivity index (χ2n) is 4.07. The Morgan fingerprint density at radius 2 is 1.79 bits per heavy atom. The fourth-order valence-corrected chi connectivity index (χ4v) is 1.90. The van der Waals surface area contributed by atoms with E-state index in [1.54, 1.807) is 6.07 Å². The van der Waals surface area contributed by atoms with Crippen molar-refractivity contribution >= 4 is 17.0 Å². The van der Waals surface area contributed by atoms with Gasteiger partial charge in [0, 0.05) is 0 Å². The second-order valence-corrected chi connectivity index (χ2v) is 4.07. The summed E-state index contributed by atoms with van der Waals surface area (Å²) in [4.78, 5) is 4.10. The van der Waals surface area contributed by atoms with Crippen molar-refractivity contribution in [1.82, 2.24) is 15.2 Å². The summed E-state index contributed by atoms with van der Waals surface area (Å²) in [5, 5.41) is 16.7. The van der Waals surface area contributed by atoms with Crippen LogP contribution in [0.5, 0.6) is 0 Å². The van der Waals surface area contributed by atoms with Crippen molar-refractivity contribution in [2.24, 2.45) is 0 Å². The summed E-state index contributed by atoms with van der Waals surface area (Å²) in [6.07, 6.45) is 0. The molecule has 19 heavy (non-hydrogen) atoms. The normalized spacial score (nSPS) is 10.3. The minimum absolute atomic E-state index is 0.159. The van der Waals surface area contributed by atoms with E-state index in [2.05, 4.69) is 21.3 Å². The van der Waals surface area contributed by atoms with Crippen LogP contribution in [-0.4, -0.2) is 15.2 Å². The molecule has 3 aromatic rings. The predicted molar refractivity (Wildman–Crippen MR) is 71.9 cm³/mol. The maximum Gasteiger partial charge on any atom is 0.240 e. The van der Waals surface area contributed by atoms with Crippen molar-refractivity contribution < 1.29 is 0 Å². The number of nitrogens with two attached hydrogens (primary N) is 1. The van der Waals surface area contributed by atoms with Gasteiger partial charge in [0.05, 0.1) is 17.1 Å². The van der Waals surface area contributed by atoms with Gasteiger partial charge in [0.1, 0.15) is 5.52 Å². The molecular weight excluding hydrogens is 238 g/mol. The van der Waals surface area contributed by atoms with E-state index in [1.165, 1.54) is 0 Å². The summed E-state index contributed by atoms with van der Waals surface area (Å²) in [5.41, 5.74) is 9.41. The Kier molecular flexibility index (Phi) is 2.54. The number of fused-ring (bicyclic) bond motifs is 1. The van der Waals surface area contributed by atoms with Crippen molar-refractivity contribution in [1.29, 1.82) is 5.26 Å². The highest BCUT2D eigenvalue weighted by Crippen LogP contribution is 2.23. The molecule has 0 spiro atoms. The van der Waals surface area contributed by atoms with E-state index in [-0.39, 0.29) is 5.95 Å². The molecule has 1 heterocycles. The standard InChI is InChI=1S/C14H9N5/c15-8-9-2-1-3-10(6-9)11-4-5-12-13(7-11)18-19-14(16)17-12/h1-7H,(H2,16,17,19). The fourth-order valence-electron chi connectivity index (χ4n) is 1.90. The van der Waals surface area contributed by atoms with Gasteiger partial charge in [0.15, 0.2) is 0 Å². The fraction of sp³-hybridized carbons (Fsp3) is 0. The second kappa shape index (κ2) is 4.35. The number of nitriles is 1. The first-order valence-corrected chi connectivity index (χ1v) is 5.67. The average molecular weight is 247 g/mol. The Hall–Kier alpha value is -3.00. The molecule has 0 bridgehead atoms. The van der Waals surface area contributed by atoms with Crippen molar-refractivity contribution in [2.75, 3.05) is 5.73 Å². The van der Waals surface area contributed by atoms with Gasteiger partial charge in [-0.05, 0) is 35.4 Å². The third-order valence-electron chi connectivity index (χ3n) is 2.80. The zero-order chi connectivity index (χ0) is 13.2.